The van der Waals surface area contributed by atoms with Gasteiger partial charge in [-0.05, 0) is 13.8 Å². The number of β-lactam (4-membered cyclic amide) rings is 1. The van der Waals surface area contributed by atoms with Crippen LogP contribution in [-0.2, 0) is 28.8 Å². The van der Waals surface area contributed by atoms with E-state index in [1.54, 1.807) is 0 Å². The molecule has 1 aromatic rings. The van der Waals surface area contributed by atoms with Crippen molar-refractivity contribution in [3.8, 4) is 0 Å². The Balaban J connectivity index is 1.33. The molecule has 3 amide bonds. The number of anilines is 1. The van der Waals surface area contributed by atoms with Crippen molar-refractivity contribution in [2.24, 2.45) is 16.3 Å². The monoisotopic (exact) mass is 622 g/mol. The molecule has 5 aliphatic rings. The maximum Gasteiger partial charge on any atom is 0.350 e. The van der Waals surface area contributed by atoms with E-state index < -0.39 is 51.9 Å². The molecule has 0 unspecified atom stereocenters. The number of amides is 3. The van der Waals surface area contributed by atoms with E-state index in [2.05, 4.69) is 19.8 Å². The Morgan fingerprint density at radius 1 is 1.26 bits per heavy atom. The first-order chi connectivity index (χ1) is 19.7. The van der Waals surface area contributed by atoms with Crippen LogP contribution in [0.1, 0.15) is 38.9 Å². The highest BCUT2D eigenvalue weighted by Gasteiger charge is 2.56. The van der Waals surface area contributed by atoms with E-state index in [4.69, 9.17) is 16.3 Å². The van der Waals surface area contributed by atoms with Gasteiger partial charge in [-0.15, -0.1) is 11.8 Å². The number of hydrogen-bond acceptors (Lipinski definition) is 13. The number of nitrogens with zero attached hydrogens (tertiary/aromatic N) is 5. The fourth-order valence-corrected chi connectivity index (χ4v) is 7.56. The predicted molar refractivity (Wildman–Crippen MR) is 146 cm³/mol. The molecule has 4 saturated heterocycles. The number of carbonyl (C=O) groups excluding carboxylic acids is 4. The number of primary amides is 1. The number of piperidine rings is 3. The maximum absolute atomic E-state index is 13.2. The normalized spacial score (nSPS) is 29.0. The third-order valence-corrected chi connectivity index (χ3v) is 10.4. The smallest absolute Gasteiger partial charge is 0.350 e. The number of nitrogen functional groups attached to an aromatic ring is 1. The van der Waals surface area contributed by atoms with Gasteiger partial charge in [-0.1, -0.05) is 5.16 Å². The van der Waals surface area contributed by atoms with Crippen LogP contribution >= 0.6 is 23.3 Å². The Morgan fingerprint density at radius 2 is 1.90 bits per heavy atom. The summed E-state index contributed by atoms with van der Waals surface area (Å²) in [5.41, 5.74) is 8.87. The minimum Gasteiger partial charge on any atom is -0.543 e. The van der Waals surface area contributed by atoms with Gasteiger partial charge in [0.05, 0.1) is 36.7 Å². The quantitative estimate of drug-likeness (QED) is 0.0923. The lowest BCUT2D eigenvalue weighted by molar-refractivity contribution is -0.940. The highest BCUT2D eigenvalue weighted by Crippen LogP contribution is 2.46. The van der Waals surface area contributed by atoms with Crippen molar-refractivity contribution in [2.75, 3.05) is 37.7 Å². The summed E-state index contributed by atoms with van der Waals surface area (Å²) in [4.78, 5) is 72.3. The SMILES string of the molecule is CC(C)(O/N=C(\C(=O)N[C@@H]1C(=O)N2C(C(=O)[O-])=C(C[N+]34CCC(C(N)=O)(CC3)CC4)CS[C@@H]12)c1nsc(N)n1)C(=O)O. The van der Waals surface area contributed by atoms with E-state index in [0.717, 1.165) is 16.4 Å². The molecule has 42 heavy (non-hydrogen) atoms. The van der Waals surface area contributed by atoms with Crippen LogP contribution in [0.5, 0.6) is 0 Å². The van der Waals surface area contributed by atoms with Crippen molar-refractivity contribution in [3.05, 3.63) is 17.1 Å². The molecule has 0 radical (unpaired) electrons. The summed E-state index contributed by atoms with van der Waals surface area (Å²) in [7, 11) is 0. The van der Waals surface area contributed by atoms with Crippen LogP contribution in [0.3, 0.4) is 0 Å². The van der Waals surface area contributed by atoms with Crippen molar-refractivity contribution in [2.45, 2.75) is 50.1 Å². The molecule has 16 nitrogen and oxygen atoms in total. The molecule has 0 spiro atoms. The summed E-state index contributed by atoms with van der Waals surface area (Å²) >= 11 is 2.08. The molecular weight excluding hydrogens is 592 g/mol. The second-order valence-corrected chi connectivity index (χ2v) is 13.4. The van der Waals surface area contributed by atoms with Crippen LogP contribution in [0.2, 0.25) is 0 Å². The highest BCUT2D eigenvalue weighted by molar-refractivity contribution is 8.00. The lowest BCUT2D eigenvalue weighted by atomic mass is 9.70. The molecule has 6 rings (SSSR count). The lowest BCUT2D eigenvalue weighted by Crippen LogP contribution is -2.72. The first-order valence-corrected chi connectivity index (χ1v) is 14.9. The van der Waals surface area contributed by atoms with Crippen LogP contribution in [0, 0.1) is 5.41 Å². The van der Waals surface area contributed by atoms with Crippen molar-refractivity contribution in [3.63, 3.8) is 0 Å². The Kier molecular flexibility index (Phi) is 7.43. The summed E-state index contributed by atoms with van der Waals surface area (Å²) in [5, 5.41) is 27.1. The molecule has 2 bridgehead atoms. The molecule has 5 aliphatic heterocycles. The van der Waals surface area contributed by atoms with Crippen molar-refractivity contribution in [1.82, 2.24) is 19.6 Å². The van der Waals surface area contributed by atoms with E-state index in [0.29, 0.717) is 61.3 Å². The van der Waals surface area contributed by atoms with Gasteiger partial charge >= 0.3 is 5.97 Å². The fourth-order valence-electron chi connectivity index (χ4n) is 5.79. The number of rotatable bonds is 10. The molecule has 18 heteroatoms. The molecule has 0 saturated carbocycles. The van der Waals surface area contributed by atoms with Gasteiger partial charge in [0.15, 0.2) is 5.13 Å². The molecule has 6 N–H and O–H groups in total. The molecule has 0 aliphatic carbocycles. The number of nitrogens with two attached hydrogens (primary N) is 2. The number of fused-ring (bicyclic) bond motifs is 4. The fraction of sp³-hybridized carbons (Fsp3) is 0.583. The van der Waals surface area contributed by atoms with Gasteiger partial charge in [0.25, 0.3) is 11.8 Å². The highest BCUT2D eigenvalue weighted by atomic mass is 32.2. The number of thioether (sulfide) groups is 1. The summed E-state index contributed by atoms with van der Waals surface area (Å²) in [6.45, 7) is 4.91. The zero-order valence-corrected chi connectivity index (χ0v) is 24.5. The van der Waals surface area contributed by atoms with Gasteiger partial charge in [0, 0.05) is 42.1 Å². The Labute approximate surface area is 247 Å². The summed E-state index contributed by atoms with van der Waals surface area (Å²) in [6.07, 6.45) is 1.92. The number of quaternary nitrogens is 1. The molecule has 1 aromatic heterocycles. The van der Waals surface area contributed by atoms with Crippen molar-refractivity contribution in [1.29, 1.82) is 0 Å². The first kappa shape index (κ1) is 29.7. The van der Waals surface area contributed by atoms with Crippen molar-refractivity contribution < 1.29 is 43.5 Å². The minimum absolute atomic E-state index is 0.0158. The number of nitrogens with one attached hydrogen (secondary N) is 1. The van der Waals surface area contributed by atoms with Crippen LogP contribution in [-0.4, -0.2) is 108 Å². The Morgan fingerprint density at radius 3 is 2.43 bits per heavy atom. The van der Waals surface area contributed by atoms with E-state index in [1.807, 2.05) is 0 Å². The van der Waals surface area contributed by atoms with Gasteiger partial charge in [-0.25, -0.2) is 4.79 Å². The van der Waals surface area contributed by atoms with Crippen LogP contribution in [0.15, 0.2) is 16.4 Å². The number of aliphatic carboxylic acids is 2. The lowest BCUT2D eigenvalue weighted by Gasteiger charge is -2.55. The second-order valence-electron chi connectivity index (χ2n) is 11.5. The summed E-state index contributed by atoms with van der Waals surface area (Å²) < 4.78 is 4.55. The molecule has 6 heterocycles. The topological polar surface area (TPSA) is 243 Å². The van der Waals surface area contributed by atoms with Crippen molar-refractivity contribution >= 4 is 63.8 Å². The van der Waals surface area contributed by atoms with Crippen LogP contribution in [0.4, 0.5) is 5.13 Å². The molecular formula is C24H30N8O8S2. The van der Waals surface area contributed by atoms with Gasteiger partial charge in [0.2, 0.25) is 23.0 Å². The second kappa shape index (κ2) is 10.5. The van der Waals surface area contributed by atoms with E-state index in [1.165, 1.54) is 25.6 Å². The van der Waals surface area contributed by atoms with E-state index in [-0.39, 0.29) is 22.6 Å². The zero-order chi connectivity index (χ0) is 30.6. The van der Waals surface area contributed by atoms with Gasteiger partial charge in [-0.2, -0.15) is 9.36 Å². The van der Waals surface area contributed by atoms with Crippen LogP contribution in [0.25, 0.3) is 0 Å². The Bertz CT molecular complexity index is 1410. The summed E-state index contributed by atoms with van der Waals surface area (Å²) in [5.74, 6) is -4.64. The third kappa shape index (κ3) is 5.06. The first-order valence-electron chi connectivity index (χ1n) is 13.1. The van der Waals surface area contributed by atoms with Crippen LogP contribution < -0.4 is 21.9 Å². The maximum atomic E-state index is 13.2. The number of aromatic nitrogens is 2. The molecule has 2 atom stereocenters. The number of carboxylic acid groups (broad SMARTS) is 2. The minimum atomic E-state index is -1.80. The largest absolute Gasteiger partial charge is 0.543 e. The average Bonchev–Trinajstić information content (AvgIpc) is 3.37. The number of hydrogen-bond donors (Lipinski definition) is 4. The number of oxime groups is 1. The predicted octanol–water partition coefficient (Wildman–Crippen LogP) is -2.41. The van der Waals surface area contributed by atoms with Gasteiger partial charge < -0.3 is 41.1 Å². The number of carboxylic acids is 2. The number of carbonyl (C=O) groups is 5. The van der Waals surface area contributed by atoms with Gasteiger partial charge in [0.1, 0.15) is 18.0 Å². The van der Waals surface area contributed by atoms with E-state index in [9.17, 15) is 34.2 Å². The molecule has 4 fully saturated rings. The zero-order valence-electron chi connectivity index (χ0n) is 22.8. The summed E-state index contributed by atoms with van der Waals surface area (Å²) in [6, 6.07) is -1.11. The molecule has 226 valence electrons. The van der Waals surface area contributed by atoms with E-state index >= 15 is 0 Å². The Hall–Kier alpha value is -3.77. The average molecular weight is 623 g/mol. The van der Waals surface area contributed by atoms with Gasteiger partial charge in [-0.3, -0.25) is 19.3 Å². The standard InChI is InChI=1S/C24H30N8O8S2/c1-23(2,21(38)39)40-29-12(15-28-22(26)42-30-15)16(33)27-13-17(34)31-14(19(35)36)11(10-41-18(13)31)9-32-6-3-24(4-7-32,5-8-32)20(25)37/h13,18H,3-10H2,1-2H3,(H6-,25,26,27,28,30,33,35,36,37,38,39)/b29-12-/t13-,18+,24?,32?/m1/s1. The third-order valence-electron chi connectivity index (χ3n) is 8.52. The molecule has 0 aromatic carbocycles.